The number of hydrogen-bond donors (Lipinski definition) is 0. The number of Topliss-reactive ketones (excluding diaryl/α,β-unsaturated/α-hetero) is 1. The Balaban J connectivity index is 1.89. The van der Waals surface area contributed by atoms with Crippen LogP contribution in [0.5, 0.6) is 11.8 Å². The van der Waals surface area contributed by atoms with Crippen molar-refractivity contribution in [2.45, 2.75) is 19.3 Å². The van der Waals surface area contributed by atoms with E-state index < -0.39 is 0 Å². The fourth-order valence-electron chi connectivity index (χ4n) is 2.13. The zero-order valence-electron chi connectivity index (χ0n) is 9.80. The van der Waals surface area contributed by atoms with E-state index in [2.05, 4.69) is 9.97 Å². The molecule has 4 nitrogen and oxygen atoms in total. The van der Waals surface area contributed by atoms with Crippen molar-refractivity contribution in [1.29, 1.82) is 0 Å². The van der Waals surface area contributed by atoms with Gasteiger partial charge in [0.2, 0.25) is 0 Å². The average Bonchev–Trinajstić information content (AvgIpc) is 2.40. The van der Waals surface area contributed by atoms with Crippen LogP contribution in [0.3, 0.4) is 0 Å². The number of hydrogen-bond acceptors (Lipinski definition) is 4. The van der Waals surface area contributed by atoms with Crippen molar-refractivity contribution in [3.63, 3.8) is 0 Å². The average molecular weight is 240 g/mol. The van der Waals surface area contributed by atoms with Crippen LogP contribution >= 0.6 is 0 Å². The second kappa shape index (κ2) is 4.56. The quantitative estimate of drug-likeness (QED) is 0.809. The molecular weight excluding hydrogens is 228 g/mol. The van der Waals surface area contributed by atoms with Gasteiger partial charge < -0.3 is 4.74 Å². The highest BCUT2D eigenvalue weighted by molar-refractivity contribution is 5.98. The Morgan fingerprint density at radius 1 is 1.11 bits per heavy atom. The summed E-state index contributed by atoms with van der Waals surface area (Å²) in [6, 6.07) is 7.58. The predicted octanol–water partition coefficient (Wildman–Crippen LogP) is 2.79. The number of benzene rings is 1. The number of ketones is 1. The first kappa shape index (κ1) is 10.9. The molecule has 0 radical (unpaired) electrons. The van der Waals surface area contributed by atoms with Crippen LogP contribution in [0.4, 0.5) is 0 Å². The third-order valence-corrected chi connectivity index (χ3v) is 2.98. The highest BCUT2D eigenvalue weighted by Gasteiger charge is 2.17. The number of carbonyl (C=O) groups is 1. The van der Waals surface area contributed by atoms with Crippen molar-refractivity contribution >= 4 is 5.78 Å². The summed E-state index contributed by atoms with van der Waals surface area (Å²) in [6.07, 6.45) is 5.74. The molecule has 0 saturated carbocycles. The van der Waals surface area contributed by atoms with E-state index in [0.29, 0.717) is 18.2 Å². The Hall–Kier alpha value is -2.23. The van der Waals surface area contributed by atoms with Crippen LogP contribution in [-0.2, 0) is 6.42 Å². The van der Waals surface area contributed by atoms with Gasteiger partial charge in [0.25, 0.3) is 0 Å². The largest absolute Gasteiger partial charge is 0.424 e. The van der Waals surface area contributed by atoms with Crippen molar-refractivity contribution in [3.8, 4) is 11.8 Å². The summed E-state index contributed by atoms with van der Waals surface area (Å²) in [5, 5.41) is 0. The van der Waals surface area contributed by atoms with Crippen molar-refractivity contribution in [2.75, 3.05) is 0 Å². The maximum atomic E-state index is 11.7. The van der Waals surface area contributed by atoms with Gasteiger partial charge in [0.05, 0.1) is 0 Å². The minimum absolute atomic E-state index is 0.221. The van der Waals surface area contributed by atoms with Gasteiger partial charge in [-0.3, -0.25) is 4.79 Å². The second-order valence-corrected chi connectivity index (χ2v) is 4.23. The molecule has 1 aromatic heterocycles. The van der Waals surface area contributed by atoms with Gasteiger partial charge in [-0.2, -0.15) is 0 Å². The lowest BCUT2D eigenvalue weighted by atomic mass is 9.91. The van der Waals surface area contributed by atoms with Crippen LogP contribution in [0, 0.1) is 0 Å². The maximum Gasteiger partial charge on any atom is 0.321 e. The first-order valence-corrected chi connectivity index (χ1v) is 5.94. The molecule has 0 unspecified atom stereocenters. The maximum absolute atomic E-state index is 11.7. The summed E-state index contributed by atoms with van der Waals surface area (Å²) >= 11 is 0. The van der Waals surface area contributed by atoms with Crippen molar-refractivity contribution < 1.29 is 9.53 Å². The highest BCUT2D eigenvalue weighted by Crippen LogP contribution is 2.27. The summed E-state index contributed by atoms with van der Waals surface area (Å²) in [4.78, 5) is 19.7. The molecule has 0 bridgehead atoms. The molecule has 0 N–H and O–H groups in total. The van der Waals surface area contributed by atoms with Crippen molar-refractivity contribution in [1.82, 2.24) is 9.97 Å². The van der Waals surface area contributed by atoms with Crippen molar-refractivity contribution in [3.05, 3.63) is 47.8 Å². The SMILES string of the molecule is O=C1CCCc2cc(Oc3ncccn3)ccc21. The standard InChI is InChI=1S/C14H12N2O2/c17-13-4-1-3-10-9-11(5-6-12(10)13)18-14-15-7-2-8-16-14/h2,5-9H,1,3-4H2. The lowest BCUT2D eigenvalue weighted by Crippen LogP contribution is -2.10. The van der Waals surface area contributed by atoms with E-state index in [-0.39, 0.29) is 5.78 Å². The fraction of sp³-hybridized carbons (Fsp3) is 0.214. The number of ether oxygens (including phenoxy) is 1. The second-order valence-electron chi connectivity index (χ2n) is 4.23. The first-order valence-electron chi connectivity index (χ1n) is 5.94. The van der Waals surface area contributed by atoms with Gasteiger partial charge in [0, 0.05) is 24.4 Å². The van der Waals surface area contributed by atoms with Gasteiger partial charge in [0.1, 0.15) is 5.75 Å². The lowest BCUT2D eigenvalue weighted by molar-refractivity contribution is 0.0972. The number of carbonyl (C=O) groups excluding carboxylic acids is 1. The summed E-state index contributed by atoms with van der Waals surface area (Å²) in [6.45, 7) is 0. The van der Waals surface area contributed by atoms with E-state index in [1.807, 2.05) is 12.1 Å². The predicted molar refractivity (Wildman–Crippen MR) is 65.8 cm³/mol. The molecule has 2 aromatic rings. The molecule has 1 aliphatic rings. The number of fused-ring (bicyclic) bond motifs is 1. The van der Waals surface area contributed by atoms with Crippen LogP contribution in [0.15, 0.2) is 36.7 Å². The lowest BCUT2D eigenvalue weighted by Gasteiger charge is -2.15. The molecule has 1 heterocycles. The number of aryl methyl sites for hydroxylation is 1. The minimum Gasteiger partial charge on any atom is -0.424 e. The monoisotopic (exact) mass is 240 g/mol. The molecular formula is C14H12N2O2. The molecule has 0 saturated heterocycles. The third-order valence-electron chi connectivity index (χ3n) is 2.98. The van der Waals surface area contributed by atoms with E-state index in [9.17, 15) is 4.79 Å². The Bertz CT molecular complexity index is 582. The number of aromatic nitrogens is 2. The molecule has 0 amide bonds. The summed E-state index contributed by atoms with van der Waals surface area (Å²) in [5.74, 6) is 0.897. The van der Waals surface area contributed by atoms with E-state index in [0.717, 1.165) is 24.0 Å². The number of rotatable bonds is 2. The van der Waals surface area contributed by atoms with E-state index >= 15 is 0 Å². The molecule has 0 aliphatic heterocycles. The van der Waals surface area contributed by atoms with Crippen LogP contribution in [-0.4, -0.2) is 15.8 Å². The Kier molecular flexibility index (Phi) is 2.76. The normalized spacial score (nSPS) is 14.1. The summed E-state index contributed by atoms with van der Waals surface area (Å²) < 4.78 is 5.55. The minimum atomic E-state index is 0.221. The van der Waals surface area contributed by atoms with Gasteiger partial charge in [0.15, 0.2) is 5.78 Å². The van der Waals surface area contributed by atoms with E-state index in [1.165, 1.54) is 0 Å². The zero-order chi connectivity index (χ0) is 12.4. The van der Waals surface area contributed by atoms with Crippen LogP contribution in [0.25, 0.3) is 0 Å². The van der Waals surface area contributed by atoms with E-state index in [4.69, 9.17) is 4.74 Å². The Morgan fingerprint density at radius 3 is 2.78 bits per heavy atom. The van der Waals surface area contributed by atoms with Crippen LogP contribution in [0.2, 0.25) is 0 Å². The molecule has 18 heavy (non-hydrogen) atoms. The van der Waals surface area contributed by atoms with Crippen LogP contribution in [0.1, 0.15) is 28.8 Å². The molecule has 1 aliphatic carbocycles. The topological polar surface area (TPSA) is 52.1 Å². The third kappa shape index (κ3) is 2.09. The van der Waals surface area contributed by atoms with Gasteiger partial charge in [-0.25, -0.2) is 9.97 Å². The molecule has 4 heteroatoms. The van der Waals surface area contributed by atoms with Crippen LogP contribution < -0.4 is 4.74 Å². The summed E-state index contributed by atoms with van der Waals surface area (Å²) in [5.41, 5.74) is 1.88. The number of nitrogens with zero attached hydrogens (tertiary/aromatic N) is 2. The van der Waals surface area contributed by atoms with Gasteiger partial charge in [-0.15, -0.1) is 0 Å². The van der Waals surface area contributed by atoms with Gasteiger partial charge >= 0.3 is 6.01 Å². The Morgan fingerprint density at radius 2 is 1.94 bits per heavy atom. The molecule has 3 rings (SSSR count). The molecule has 0 spiro atoms. The first-order chi connectivity index (χ1) is 8.83. The molecule has 0 atom stereocenters. The summed E-state index contributed by atoms with van der Waals surface area (Å²) in [7, 11) is 0. The zero-order valence-corrected chi connectivity index (χ0v) is 9.80. The van der Waals surface area contributed by atoms with Gasteiger partial charge in [-0.05, 0) is 42.7 Å². The fourth-order valence-corrected chi connectivity index (χ4v) is 2.13. The van der Waals surface area contributed by atoms with Gasteiger partial charge in [-0.1, -0.05) is 0 Å². The molecule has 0 fully saturated rings. The van der Waals surface area contributed by atoms with E-state index in [1.54, 1.807) is 24.5 Å². The Labute approximate surface area is 105 Å². The highest BCUT2D eigenvalue weighted by atomic mass is 16.5. The smallest absolute Gasteiger partial charge is 0.321 e. The molecule has 1 aromatic carbocycles. The molecule has 90 valence electrons. The van der Waals surface area contributed by atoms with Crippen molar-refractivity contribution in [2.24, 2.45) is 0 Å².